The summed E-state index contributed by atoms with van der Waals surface area (Å²) in [4.78, 5) is 24.0. The molecular formula is C16H20F2N2O3. The summed E-state index contributed by atoms with van der Waals surface area (Å²) >= 11 is 0. The second-order valence-electron chi connectivity index (χ2n) is 5.90. The van der Waals surface area contributed by atoms with E-state index in [4.69, 9.17) is 0 Å². The molecule has 0 aliphatic heterocycles. The summed E-state index contributed by atoms with van der Waals surface area (Å²) in [6.45, 7) is 3.01. The van der Waals surface area contributed by atoms with Crippen molar-refractivity contribution in [3.8, 4) is 0 Å². The first-order chi connectivity index (χ1) is 10.8. The monoisotopic (exact) mass is 326 g/mol. The molecule has 1 aromatic carbocycles. The van der Waals surface area contributed by atoms with Gasteiger partial charge in [0.1, 0.15) is 6.04 Å². The molecule has 1 aliphatic carbocycles. The van der Waals surface area contributed by atoms with Crippen LogP contribution in [0.15, 0.2) is 18.2 Å². The van der Waals surface area contributed by atoms with Gasteiger partial charge in [-0.05, 0) is 44.4 Å². The van der Waals surface area contributed by atoms with E-state index in [-0.39, 0.29) is 11.8 Å². The first kappa shape index (κ1) is 17.3. The highest BCUT2D eigenvalue weighted by molar-refractivity contribution is 5.89. The van der Waals surface area contributed by atoms with Gasteiger partial charge in [0.2, 0.25) is 11.8 Å². The van der Waals surface area contributed by atoms with Gasteiger partial charge < -0.3 is 15.7 Å². The van der Waals surface area contributed by atoms with Crippen molar-refractivity contribution in [2.45, 2.75) is 44.9 Å². The van der Waals surface area contributed by atoms with E-state index in [1.165, 1.54) is 13.0 Å². The lowest BCUT2D eigenvalue weighted by atomic mass is 10.1. The molecule has 2 amide bonds. The molecule has 3 N–H and O–H groups in total. The number of nitrogens with one attached hydrogen (secondary N) is 2. The Bertz CT molecular complexity index is 603. The predicted molar refractivity (Wildman–Crippen MR) is 79.3 cm³/mol. The Morgan fingerprint density at radius 2 is 1.83 bits per heavy atom. The van der Waals surface area contributed by atoms with Crippen LogP contribution in [0, 0.1) is 17.6 Å². The maximum atomic E-state index is 13.2. The van der Waals surface area contributed by atoms with E-state index in [1.54, 1.807) is 6.92 Å². The first-order valence-electron chi connectivity index (χ1n) is 7.53. The number of aliphatic hydroxyl groups is 1. The van der Waals surface area contributed by atoms with Crippen LogP contribution >= 0.6 is 0 Å². The highest BCUT2D eigenvalue weighted by Gasteiger charge is 2.34. The Morgan fingerprint density at radius 1 is 1.17 bits per heavy atom. The SMILES string of the molecule is C[C@H](NC(=O)[C@H](NC(=O)C1CC1)[C@H](C)O)c1ccc(F)c(F)c1. The van der Waals surface area contributed by atoms with E-state index in [9.17, 15) is 23.5 Å². The smallest absolute Gasteiger partial charge is 0.245 e. The highest BCUT2D eigenvalue weighted by Crippen LogP contribution is 2.29. The Morgan fingerprint density at radius 3 is 2.35 bits per heavy atom. The number of rotatable bonds is 6. The minimum absolute atomic E-state index is 0.0901. The number of amides is 2. The van der Waals surface area contributed by atoms with E-state index in [1.807, 2.05) is 0 Å². The Labute approximate surface area is 133 Å². The molecule has 1 saturated carbocycles. The third-order valence-corrected chi connectivity index (χ3v) is 3.81. The third kappa shape index (κ3) is 4.48. The molecule has 1 fully saturated rings. The van der Waals surface area contributed by atoms with E-state index in [0.717, 1.165) is 25.0 Å². The molecule has 3 atom stereocenters. The van der Waals surface area contributed by atoms with Crippen LogP contribution in [-0.2, 0) is 9.59 Å². The summed E-state index contributed by atoms with van der Waals surface area (Å²) in [6.07, 6.45) is 0.492. The number of carbonyl (C=O) groups excluding carboxylic acids is 2. The lowest BCUT2D eigenvalue weighted by molar-refractivity contribution is -0.132. The topological polar surface area (TPSA) is 78.4 Å². The third-order valence-electron chi connectivity index (χ3n) is 3.81. The molecular weight excluding hydrogens is 306 g/mol. The van der Waals surface area contributed by atoms with Crippen molar-refractivity contribution in [1.82, 2.24) is 10.6 Å². The Kier molecular flexibility index (Phi) is 5.30. The van der Waals surface area contributed by atoms with Gasteiger partial charge in [-0.1, -0.05) is 6.07 Å². The summed E-state index contributed by atoms with van der Waals surface area (Å²) in [5, 5.41) is 14.8. The second-order valence-corrected chi connectivity index (χ2v) is 5.90. The quantitative estimate of drug-likeness (QED) is 0.740. The van der Waals surface area contributed by atoms with Crippen molar-refractivity contribution in [1.29, 1.82) is 0 Å². The average Bonchev–Trinajstić information content (AvgIpc) is 3.31. The van der Waals surface area contributed by atoms with Gasteiger partial charge in [-0.25, -0.2) is 8.78 Å². The molecule has 1 aliphatic rings. The second kappa shape index (κ2) is 7.04. The molecule has 23 heavy (non-hydrogen) atoms. The zero-order chi connectivity index (χ0) is 17.1. The molecule has 0 unspecified atom stereocenters. The lowest BCUT2D eigenvalue weighted by Crippen LogP contribution is -2.53. The van der Waals surface area contributed by atoms with E-state index < -0.39 is 35.7 Å². The van der Waals surface area contributed by atoms with Gasteiger partial charge >= 0.3 is 0 Å². The van der Waals surface area contributed by atoms with Crippen molar-refractivity contribution in [2.24, 2.45) is 5.92 Å². The minimum atomic E-state index is -1.09. The van der Waals surface area contributed by atoms with Crippen LogP contribution in [-0.4, -0.2) is 29.1 Å². The number of halogens is 2. The molecule has 5 nitrogen and oxygen atoms in total. The van der Waals surface area contributed by atoms with Crippen molar-refractivity contribution >= 4 is 11.8 Å². The van der Waals surface area contributed by atoms with Gasteiger partial charge in [0.15, 0.2) is 11.6 Å². The number of hydrogen-bond acceptors (Lipinski definition) is 3. The highest BCUT2D eigenvalue weighted by atomic mass is 19.2. The molecule has 0 saturated heterocycles. The van der Waals surface area contributed by atoms with E-state index >= 15 is 0 Å². The molecule has 2 rings (SSSR count). The van der Waals surface area contributed by atoms with Crippen LogP contribution in [0.25, 0.3) is 0 Å². The zero-order valence-electron chi connectivity index (χ0n) is 13.0. The summed E-state index contributed by atoms with van der Waals surface area (Å²) in [6, 6.07) is 1.66. The van der Waals surface area contributed by atoms with Crippen molar-refractivity contribution in [3.63, 3.8) is 0 Å². The molecule has 7 heteroatoms. The van der Waals surface area contributed by atoms with Crippen LogP contribution in [0.5, 0.6) is 0 Å². The molecule has 126 valence electrons. The van der Waals surface area contributed by atoms with E-state index in [2.05, 4.69) is 10.6 Å². The van der Waals surface area contributed by atoms with Crippen LogP contribution in [0.2, 0.25) is 0 Å². The van der Waals surface area contributed by atoms with Crippen molar-refractivity contribution in [2.75, 3.05) is 0 Å². The Hall–Kier alpha value is -2.02. The fourth-order valence-corrected chi connectivity index (χ4v) is 2.19. The average molecular weight is 326 g/mol. The molecule has 0 radical (unpaired) electrons. The molecule has 1 aromatic rings. The first-order valence-corrected chi connectivity index (χ1v) is 7.53. The number of carbonyl (C=O) groups is 2. The van der Waals surface area contributed by atoms with Gasteiger partial charge in [0.05, 0.1) is 12.1 Å². The minimum Gasteiger partial charge on any atom is -0.391 e. The van der Waals surface area contributed by atoms with Crippen molar-refractivity contribution < 1.29 is 23.5 Å². The maximum absolute atomic E-state index is 13.2. The molecule has 0 heterocycles. The number of benzene rings is 1. The van der Waals surface area contributed by atoms with Gasteiger partial charge in [0.25, 0.3) is 0 Å². The van der Waals surface area contributed by atoms with Gasteiger partial charge in [-0.3, -0.25) is 9.59 Å². The number of hydrogen-bond donors (Lipinski definition) is 3. The predicted octanol–water partition coefficient (Wildman–Crippen LogP) is 1.42. The van der Waals surface area contributed by atoms with Crippen LogP contribution in [0.4, 0.5) is 8.78 Å². The maximum Gasteiger partial charge on any atom is 0.245 e. The molecule has 0 aromatic heterocycles. The summed E-state index contributed by atoms with van der Waals surface area (Å²) in [5.74, 6) is -2.89. The fourth-order valence-electron chi connectivity index (χ4n) is 2.19. The van der Waals surface area contributed by atoms with Crippen LogP contribution in [0.1, 0.15) is 38.3 Å². The van der Waals surface area contributed by atoms with Crippen molar-refractivity contribution in [3.05, 3.63) is 35.4 Å². The lowest BCUT2D eigenvalue weighted by Gasteiger charge is -2.23. The zero-order valence-corrected chi connectivity index (χ0v) is 13.0. The largest absolute Gasteiger partial charge is 0.391 e. The van der Waals surface area contributed by atoms with Gasteiger partial charge in [-0.15, -0.1) is 0 Å². The van der Waals surface area contributed by atoms with Crippen LogP contribution in [0.3, 0.4) is 0 Å². The Balaban J connectivity index is 2.01. The van der Waals surface area contributed by atoms with Gasteiger partial charge in [0, 0.05) is 5.92 Å². The molecule has 0 spiro atoms. The summed E-state index contributed by atoms with van der Waals surface area (Å²) in [7, 11) is 0. The number of aliphatic hydroxyl groups excluding tert-OH is 1. The standard InChI is InChI=1S/C16H20F2N2O3/c1-8(11-5-6-12(17)13(18)7-11)19-16(23)14(9(2)21)20-15(22)10-3-4-10/h5-10,14,21H,3-4H2,1-2H3,(H,19,23)(H,20,22)/t8-,9-,14+/m0/s1. The molecule has 0 bridgehead atoms. The van der Waals surface area contributed by atoms with E-state index in [0.29, 0.717) is 5.56 Å². The normalized spacial score (nSPS) is 18.0. The summed E-state index contributed by atoms with van der Waals surface area (Å²) in [5.41, 5.74) is 0.384. The van der Waals surface area contributed by atoms with Gasteiger partial charge in [-0.2, -0.15) is 0 Å². The fraction of sp³-hybridized carbons (Fsp3) is 0.500. The summed E-state index contributed by atoms with van der Waals surface area (Å²) < 4.78 is 26.2. The van der Waals surface area contributed by atoms with Crippen LogP contribution < -0.4 is 10.6 Å².